The van der Waals surface area contributed by atoms with Gasteiger partial charge in [0.2, 0.25) is 0 Å². The van der Waals surface area contributed by atoms with Crippen LogP contribution in [0, 0.1) is 0 Å². The lowest BCUT2D eigenvalue weighted by Gasteiger charge is -2.01. The molecule has 90 valence electrons. The van der Waals surface area contributed by atoms with Gasteiger partial charge in [-0.05, 0) is 36.4 Å². The highest BCUT2D eigenvalue weighted by Gasteiger charge is 2.09. The lowest BCUT2D eigenvalue weighted by molar-refractivity contribution is 1.47. The first-order valence-electron chi connectivity index (χ1n) is 5.25. The first-order valence-corrected chi connectivity index (χ1v) is 7.24. The third-order valence-electron chi connectivity index (χ3n) is 2.59. The van der Waals surface area contributed by atoms with Gasteiger partial charge in [0, 0.05) is 20.7 Å². The van der Waals surface area contributed by atoms with Gasteiger partial charge in [0.15, 0.2) is 0 Å². The first-order chi connectivity index (χ1) is 8.63. The Morgan fingerprint density at radius 2 is 2.00 bits per heavy atom. The van der Waals surface area contributed by atoms with E-state index in [0.717, 1.165) is 30.9 Å². The predicted molar refractivity (Wildman–Crippen MR) is 82.2 cm³/mol. The molecule has 0 radical (unpaired) electrons. The van der Waals surface area contributed by atoms with E-state index >= 15 is 0 Å². The number of thiazole rings is 1. The summed E-state index contributed by atoms with van der Waals surface area (Å²) in [6, 6.07) is 11.5. The maximum Gasteiger partial charge on any atom is 0.126 e. The molecule has 0 aliphatic carbocycles. The van der Waals surface area contributed by atoms with E-state index in [-0.39, 0.29) is 0 Å². The minimum atomic E-state index is 0.697. The maximum absolute atomic E-state index is 6.02. The van der Waals surface area contributed by atoms with E-state index in [0.29, 0.717) is 5.02 Å². The minimum absolute atomic E-state index is 0.697. The van der Waals surface area contributed by atoms with Gasteiger partial charge in [-0.15, -0.1) is 11.3 Å². The number of benzene rings is 2. The Kier molecular flexibility index (Phi) is 3.01. The van der Waals surface area contributed by atoms with E-state index in [1.165, 1.54) is 0 Å². The Balaban J connectivity index is 2.19. The van der Waals surface area contributed by atoms with Crippen molar-refractivity contribution in [2.24, 2.45) is 0 Å². The highest BCUT2D eigenvalue weighted by molar-refractivity contribution is 9.10. The molecule has 0 aliphatic heterocycles. The molecule has 2 aromatic carbocycles. The molecule has 5 heteroatoms. The van der Waals surface area contributed by atoms with Crippen LogP contribution in [0.15, 0.2) is 40.9 Å². The second kappa shape index (κ2) is 4.53. The van der Waals surface area contributed by atoms with E-state index in [1.54, 1.807) is 11.3 Å². The Bertz CT molecular complexity index is 739. The van der Waals surface area contributed by atoms with Crippen molar-refractivity contribution in [1.29, 1.82) is 0 Å². The van der Waals surface area contributed by atoms with Crippen LogP contribution in [0.3, 0.4) is 0 Å². The summed E-state index contributed by atoms with van der Waals surface area (Å²) < 4.78 is 2.07. The zero-order valence-electron chi connectivity index (χ0n) is 9.15. The molecule has 0 bridgehead atoms. The first kappa shape index (κ1) is 12.0. The molecule has 0 saturated carbocycles. The molecule has 0 atom stereocenters. The largest absolute Gasteiger partial charge is 0.398 e. The van der Waals surface area contributed by atoms with E-state index in [1.807, 2.05) is 36.4 Å². The normalized spacial score (nSPS) is 11.0. The van der Waals surface area contributed by atoms with Gasteiger partial charge in [0.1, 0.15) is 5.01 Å². The van der Waals surface area contributed by atoms with Crippen LogP contribution in [0.25, 0.3) is 20.8 Å². The topological polar surface area (TPSA) is 38.9 Å². The second-order valence-electron chi connectivity index (χ2n) is 3.86. The van der Waals surface area contributed by atoms with E-state index in [4.69, 9.17) is 17.3 Å². The molecule has 0 saturated heterocycles. The van der Waals surface area contributed by atoms with Crippen LogP contribution in [0.1, 0.15) is 0 Å². The number of rotatable bonds is 1. The molecular formula is C13H8BrClN2S. The number of nitrogen functional groups attached to an aromatic ring is 1. The summed E-state index contributed by atoms with van der Waals surface area (Å²) in [5, 5.41) is 1.61. The van der Waals surface area contributed by atoms with Crippen molar-refractivity contribution < 1.29 is 0 Å². The zero-order chi connectivity index (χ0) is 12.7. The molecule has 3 rings (SSSR count). The number of nitrogens with zero attached hydrogens (tertiary/aromatic N) is 1. The van der Waals surface area contributed by atoms with Crippen LogP contribution in [0.2, 0.25) is 5.02 Å². The number of aromatic nitrogens is 1. The Morgan fingerprint density at radius 3 is 2.78 bits per heavy atom. The fourth-order valence-corrected chi connectivity index (χ4v) is 3.28. The van der Waals surface area contributed by atoms with Crippen molar-refractivity contribution in [1.82, 2.24) is 4.98 Å². The summed E-state index contributed by atoms with van der Waals surface area (Å²) >= 11 is 11.0. The van der Waals surface area contributed by atoms with Gasteiger partial charge in [-0.2, -0.15) is 0 Å². The molecule has 0 amide bonds. The third-order valence-corrected chi connectivity index (χ3v) is 4.39. The van der Waals surface area contributed by atoms with Gasteiger partial charge in [-0.1, -0.05) is 27.5 Å². The fraction of sp³-hybridized carbons (Fsp3) is 0. The van der Waals surface area contributed by atoms with Crippen LogP contribution < -0.4 is 5.73 Å². The molecule has 0 spiro atoms. The quantitative estimate of drug-likeness (QED) is 0.636. The standard InChI is InChI=1S/C13H8BrClN2S/c14-7-1-3-9(10(16)5-7)13-17-11-6-8(15)2-4-12(11)18-13/h1-6H,16H2. The molecule has 2 N–H and O–H groups in total. The van der Waals surface area contributed by atoms with E-state index in [9.17, 15) is 0 Å². The number of halogens is 2. The SMILES string of the molecule is Nc1cc(Br)ccc1-c1nc2cc(Cl)ccc2s1. The molecule has 2 nitrogen and oxygen atoms in total. The van der Waals surface area contributed by atoms with Gasteiger partial charge in [-0.3, -0.25) is 0 Å². The molecule has 18 heavy (non-hydrogen) atoms. The summed E-state index contributed by atoms with van der Waals surface area (Å²) in [4.78, 5) is 4.57. The number of fused-ring (bicyclic) bond motifs is 1. The molecule has 0 unspecified atom stereocenters. The summed E-state index contributed by atoms with van der Waals surface area (Å²) in [7, 11) is 0. The van der Waals surface area contributed by atoms with Gasteiger partial charge >= 0.3 is 0 Å². The number of hydrogen-bond acceptors (Lipinski definition) is 3. The average Bonchev–Trinajstić information content (AvgIpc) is 2.71. The number of hydrogen-bond donors (Lipinski definition) is 1. The summed E-state index contributed by atoms with van der Waals surface area (Å²) in [5.74, 6) is 0. The zero-order valence-corrected chi connectivity index (χ0v) is 12.3. The average molecular weight is 340 g/mol. The summed E-state index contributed by atoms with van der Waals surface area (Å²) in [6.07, 6.45) is 0. The van der Waals surface area contributed by atoms with Gasteiger partial charge in [-0.25, -0.2) is 4.98 Å². The molecular weight excluding hydrogens is 332 g/mol. The van der Waals surface area contributed by atoms with Gasteiger partial charge < -0.3 is 5.73 Å². The lowest BCUT2D eigenvalue weighted by Crippen LogP contribution is -1.89. The molecule has 0 fully saturated rings. The molecule has 0 aliphatic rings. The van der Waals surface area contributed by atoms with Crippen molar-refractivity contribution in [3.05, 3.63) is 45.9 Å². The van der Waals surface area contributed by atoms with Gasteiger partial charge in [0.25, 0.3) is 0 Å². The third kappa shape index (κ3) is 2.11. The Labute approximate surface area is 122 Å². The van der Waals surface area contributed by atoms with Crippen molar-refractivity contribution in [3.63, 3.8) is 0 Å². The van der Waals surface area contributed by atoms with Crippen molar-refractivity contribution in [2.75, 3.05) is 5.73 Å². The second-order valence-corrected chi connectivity index (χ2v) is 6.25. The molecule has 1 aromatic heterocycles. The highest BCUT2D eigenvalue weighted by Crippen LogP contribution is 2.35. The van der Waals surface area contributed by atoms with Crippen LogP contribution in [0.5, 0.6) is 0 Å². The van der Waals surface area contributed by atoms with Gasteiger partial charge in [0.05, 0.1) is 10.2 Å². The van der Waals surface area contributed by atoms with Crippen LogP contribution in [-0.2, 0) is 0 Å². The highest BCUT2D eigenvalue weighted by atomic mass is 79.9. The number of anilines is 1. The Morgan fingerprint density at radius 1 is 1.17 bits per heavy atom. The number of nitrogens with two attached hydrogens (primary N) is 1. The minimum Gasteiger partial charge on any atom is -0.398 e. The van der Waals surface area contributed by atoms with E-state index in [2.05, 4.69) is 20.9 Å². The fourth-order valence-electron chi connectivity index (χ4n) is 1.74. The predicted octanol–water partition coefficient (Wildman–Crippen LogP) is 4.96. The molecule has 3 aromatic rings. The van der Waals surface area contributed by atoms with Crippen LogP contribution in [0.4, 0.5) is 5.69 Å². The lowest BCUT2D eigenvalue weighted by atomic mass is 10.2. The molecule has 1 heterocycles. The monoisotopic (exact) mass is 338 g/mol. The smallest absolute Gasteiger partial charge is 0.126 e. The summed E-state index contributed by atoms with van der Waals surface area (Å²) in [5.41, 5.74) is 8.59. The Hall–Kier alpha value is -1.10. The maximum atomic E-state index is 6.02. The van der Waals surface area contributed by atoms with Crippen molar-refractivity contribution in [3.8, 4) is 10.6 Å². The van der Waals surface area contributed by atoms with Crippen LogP contribution in [-0.4, -0.2) is 4.98 Å². The summed E-state index contributed by atoms with van der Waals surface area (Å²) in [6.45, 7) is 0. The van der Waals surface area contributed by atoms with Crippen molar-refractivity contribution >= 4 is 54.8 Å². The van der Waals surface area contributed by atoms with Crippen LogP contribution >= 0.6 is 38.9 Å². The van der Waals surface area contributed by atoms with Crippen molar-refractivity contribution in [2.45, 2.75) is 0 Å². The van der Waals surface area contributed by atoms with E-state index < -0.39 is 0 Å².